The first-order valence-corrected chi connectivity index (χ1v) is 5.50. The summed E-state index contributed by atoms with van der Waals surface area (Å²) in [5, 5.41) is 0. The molecule has 1 rings (SSSR count). The first-order chi connectivity index (χ1) is 6.74. The van der Waals surface area contributed by atoms with E-state index in [2.05, 4.69) is 15.9 Å². The number of ether oxygens (including phenoxy) is 1. The molecule has 0 aromatic heterocycles. The third-order valence-electron chi connectivity index (χ3n) is 1.81. The van der Waals surface area contributed by atoms with E-state index < -0.39 is 0 Å². The quantitative estimate of drug-likeness (QED) is 0.612. The molecule has 0 unspecified atom stereocenters. The number of carbonyl (C=O) groups is 1. The van der Waals surface area contributed by atoms with Crippen molar-refractivity contribution < 1.29 is 9.53 Å². The van der Waals surface area contributed by atoms with Crippen molar-refractivity contribution in [3.63, 3.8) is 0 Å². The van der Waals surface area contributed by atoms with Crippen LogP contribution in [0.4, 0.5) is 0 Å². The van der Waals surface area contributed by atoms with Crippen molar-refractivity contribution in [1.29, 1.82) is 0 Å². The summed E-state index contributed by atoms with van der Waals surface area (Å²) >= 11 is 3.46. The molecular weight excluding hydrogens is 244 g/mol. The minimum Gasteiger partial charge on any atom is -0.466 e. The van der Waals surface area contributed by atoms with E-state index in [1.807, 2.05) is 37.3 Å². The molecule has 0 saturated heterocycles. The number of benzene rings is 1. The number of rotatable bonds is 4. The fraction of sp³-hybridized carbons (Fsp3) is 0.364. The van der Waals surface area contributed by atoms with Gasteiger partial charge < -0.3 is 4.74 Å². The molecule has 3 heteroatoms. The van der Waals surface area contributed by atoms with Crippen LogP contribution < -0.4 is 0 Å². The molecule has 0 aliphatic rings. The summed E-state index contributed by atoms with van der Waals surface area (Å²) in [6.07, 6.45) is 0.373. The Morgan fingerprint density at radius 1 is 1.43 bits per heavy atom. The van der Waals surface area contributed by atoms with Crippen LogP contribution in [0.5, 0.6) is 0 Å². The van der Waals surface area contributed by atoms with Gasteiger partial charge in [-0.05, 0) is 12.5 Å². The Hall–Kier alpha value is -0.830. The summed E-state index contributed by atoms with van der Waals surface area (Å²) in [6.45, 7) is 2.25. The summed E-state index contributed by atoms with van der Waals surface area (Å²) < 4.78 is 4.87. The van der Waals surface area contributed by atoms with E-state index in [0.717, 1.165) is 5.56 Å². The number of esters is 1. The molecule has 0 spiro atoms. The molecule has 2 nitrogen and oxygen atoms in total. The largest absolute Gasteiger partial charge is 0.466 e. The van der Waals surface area contributed by atoms with Crippen molar-refractivity contribution >= 4 is 21.9 Å². The molecule has 76 valence electrons. The fourth-order valence-electron chi connectivity index (χ4n) is 1.15. The summed E-state index contributed by atoms with van der Waals surface area (Å²) in [5.74, 6) is -0.168. The second-order valence-electron chi connectivity index (χ2n) is 2.89. The van der Waals surface area contributed by atoms with Crippen LogP contribution in [-0.2, 0) is 9.53 Å². The van der Waals surface area contributed by atoms with Gasteiger partial charge in [0.2, 0.25) is 0 Å². The molecule has 14 heavy (non-hydrogen) atoms. The Balaban J connectivity index is 2.50. The molecular formula is C11H13BrO2. The lowest BCUT2D eigenvalue weighted by Crippen LogP contribution is -2.06. The number of carbonyl (C=O) groups excluding carboxylic acids is 1. The van der Waals surface area contributed by atoms with Crippen LogP contribution in [0.2, 0.25) is 0 Å². The summed E-state index contributed by atoms with van der Waals surface area (Å²) in [4.78, 5) is 11.2. The standard InChI is InChI=1S/C11H13BrO2/c1-2-14-11(13)8-10(12)9-6-4-3-5-7-9/h3-7,10H,2,8H2,1H3/t10-/m0/s1. The predicted octanol–water partition coefficient (Wildman–Crippen LogP) is 3.08. The van der Waals surface area contributed by atoms with E-state index in [1.165, 1.54) is 0 Å². The van der Waals surface area contributed by atoms with E-state index in [4.69, 9.17) is 4.74 Å². The van der Waals surface area contributed by atoms with E-state index in [0.29, 0.717) is 13.0 Å². The molecule has 0 heterocycles. The second-order valence-corrected chi connectivity index (χ2v) is 3.99. The zero-order chi connectivity index (χ0) is 10.4. The van der Waals surface area contributed by atoms with E-state index in [1.54, 1.807) is 0 Å². The van der Waals surface area contributed by atoms with Crippen molar-refractivity contribution in [3.05, 3.63) is 35.9 Å². The Labute approximate surface area is 92.4 Å². The van der Waals surface area contributed by atoms with Crippen LogP contribution >= 0.6 is 15.9 Å². The van der Waals surface area contributed by atoms with Crippen LogP contribution in [-0.4, -0.2) is 12.6 Å². The lowest BCUT2D eigenvalue weighted by molar-refractivity contribution is -0.143. The minimum atomic E-state index is -0.168. The highest BCUT2D eigenvalue weighted by Crippen LogP contribution is 2.26. The third kappa shape index (κ3) is 3.50. The van der Waals surface area contributed by atoms with Gasteiger partial charge in [-0.3, -0.25) is 4.79 Å². The fourth-order valence-corrected chi connectivity index (χ4v) is 1.72. The van der Waals surface area contributed by atoms with Crippen molar-refractivity contribution in [2.75, 3.05) is 6.61 Å². The zero-order valence-corrected chi connectivity index (χ0v) is 9.66. The molecule has 0 saturated carbocycles. The van der Waals surface area contributed by atoms with E-state index >= 15 is 0 Å². The highest BCUT2D eigenvalue weighted by atomic mass is 79.9. The molecule has 0 bridgehead atoms. The van der Waals surface area contributed by atoms with Crippen LogP contribution in [0.1, 0.15) is 23.7 Å². The highest BCUT2D eigenvalue weighted by molar-refractivity contribution is 9.09. The molecule has 0 radical (unpaired) electrons. The lowest BCUT2D eigenvalue weighted by atomic mass is 10.1. The van der Waals surface area contributed by atoms with Gasteiger partial charge in [-0.1, -0.05) is 46.3 Å². The molecule has 1 atom stereocenters. The van der Waals surface area contributed by atoms with Crippen molar-refractivity contribution in [3.8, 4) is 0 Å². The molecule has 1 aromatic rings. The normalized spacial score (nSPS) is 12.1. The van der Waals surface area contributed by atoms with E-state index in [-0.39, 0.29) is 10.8 Å². The van der Waals surface area contributed by atoms with Crippen molar-refractivity contribution in [1.82, 2.24) is 0 Å². The van der Waals surface area contributed by atoms with Crippen LogP contribution in [0.25, 0.3) is 0 Å². The number of hydrogen-bond acceptors (Lipinski definition) is 2. The van der Waals surface area contributed by atoms with Crippen molar-refractivity contribution in [2.45, 2.75) is 18.2 Å². The number of hydrogen-bond donors (Lipinski definition) is 0. The molecule has 0 aliphatic carbocycles. The maximum absolute atomic E-state index is 11.2. The predicted molar refractivity (Wildman–Crippen MR) is 59.4 cm³/mol. The summed E-state index contributed by atoms with van der Waals surface area (Å²) in [6, 6.07) is 9.83. The number of halogens is 1. The van der Waals surface area contributed by atoms with Crippen LogP contribution in [0.3, 0.4) is 0 Å². The van der Waals surface area contributed by atoms with Gasteiger partial charge in [-0.2, -0.15) is 0 Å². The zero-order valence-electron chi connectivity index (χ0n) is 8.07. The first kappa shape index (κ1) is 11.2. The van der Waals surface area contributed by atoms with Crippen LogP contribution in [0.15, 0.2) is 30.3 Å². The Kier molecular flexibility index (Phi) is 4.66. The SMILES string of the molecule is CCOC(=O)C[C@H](Br)c1ccccc1. The summed E-state index contributed by atoms with van der Waals surface area (Å²) in [5.41, 5.74) is 1.10. The first-order valence-electron chi connectivity index (χ1n) is 4.58. The topological polar surface area (TPSA) is 26.3 Å². The molecule has 0 amide bonds. The van der Waals surface area contributed by atoms with Gasteiger partial charge in [-0.15, -0.1) is 0 Å². The Morgan fingerprint density at radius 2 is 2.07 bits per heavy atom. The molecule has 1 aromatic carbocycles. The van der Waals surface area contributed by atoms with E-state index in [9.17, 15) is 4.79 Å². The van der Waals surface area contributed by atoms with Gasteiger partial charge >= 0.3 is 5.97 Å². The van der Waals surface area contributed by atoms with Gasteiger partial charge in [0, 0.05) is 4.83 Å². The monoisotopic (exact) mass is 256 g/mol. The average molecular weight is 257 g/mol. The smallest absolute Gasteiger partial charge is 0.307 e. The summed E-state index contributed by atoms with van der Waals surface area (Å²) in [7, 11) is 0. The van der Waals surface area contributed by atoms with Gasteiger partial charge in [-0.25, -0.2) is 0 Å². The lowest BCUT2D eigenvalue weighted by Gasteiger charge is -2.08. The van der Waals surface area contributed by atoms with Gasteiger partial charge in [0.25, 0.3) is 0 Å². The molecule has 0 N–H and O–H groups in total. The Bertz CT molecular complexity index is 285. The van der Waals surface area contributed by atoms with Gasteiger partial charge in [0.15, 0.2) is 0 Å². The third-order valence-corrected chi connectivity index (χ3v) is 2.66. The average Bonchev–Trinajstić information content (AvgIpc) is 2.19. The highest BCUT2D eigenvalue weighted by Gasteiger charge is 2.12. The molecule has 0 fully saturated rings. The number of alkyl halides is 1. The Morgan fingerprint density at radius 3 is 2.64 bits per heavy atom. The minimum absolute atomic E-state index is 0.0442. The maximum atomic E-state index is 11.2. The molecule has 0 aliphatic heterocycles. The van der Waals surface area contributed by atoms with Gasteiger partial charge in [0.05, 0.1) is 13.0 Å². The van der Waals surface area contributed by atoms with Gasteiger partial charge in [0.1, 0.15) is 0 Å². The second kappa shape index (κ2) is 5.81. The van der Waals surface area contributed by atoms with Crippen molar-refractivity contribution in [2.24, 2.45) is 0 Å². The van der Waals surface area contributed by atoms with Crippen LogP contribution in [0, 0.1) is 0 Å². The maximum Gasteiger partial charge on any atom is 0.307 e.